The molecule has 0 bridgehead atoms. The molecule has 3 atom stereocenters. The van der Waals surface area contributed by atoms with Gasteiger partial charge in [-0.1, -0.05) is 0 Å². The van der Waals surface area contributed by atoms with E-state index in [1.165, 1.54) is 0 Å². The van der Waals surface area contributed by atoms with Crippen LogP contribution in [-0.2, 0) is 4.74 Å². The highest BCUT2D eigenvalue weighted by molar-refractivity contribution is 4.81. The molecule has 0 heterocycles. The van der Waals surface area contributed by atoms with Crippen LogP contribution in [0.1, 0.15) is 46.5 Å². The lowest BCUT2D eigenvalue weighted by molar-refractivity contribution is -0.126. The third kappa shape index (κ3) is 5.69. The van der Waals surface area contributed by atoms with Crippen LogP contribution >= 0.6 is 0 Å². The second-order valence-corrected chi connectivity index (χ2v) is 5.96. The molecule has 1 saturated carbocycles. The van der Waals surface area contributed by atoms with E-state index in [-0.39, 0.29) is 25.4 Å². The van der Waals surface area contributed by atoms with E-state index < -0.39 is 24.3 Å². The van der Waals surface area contributed by atoms with Crippen molar-refractivity contribution in [1.29, 1.82) is 0 Å². The summed E-state index contributed by atoms with van der Waals surface area (Å²) < 4.78 is 46.0. The van der Waals surface area contributed by atoms with E-state index in [2.05, 4.69) is 0 Å². The molecule has 1 aliphatic carbocycles. The van der Waals surface area contributed by atoms with Gasteiger partial charge in [-0.3, -0.25) is 0 Å². The van der Waals surface area contributed by atoms with Crippen LogP contribution in [0.15, 0.2) is 0 Å². The summed E-state index contributed by atoms with van der Waals surface area (Å²) in [7, 11) is 1.85. The molecule has 1 fully saturated rings. The molecule has 2 nitrogen and oxygen atoms in total. The second-order valence-electron chi connectivity index (χ2n) is 5.96. The number of hydrogen-bond acceptors (Lipinski definition) is 2. The highest BCUT2D eigenvalue weighted by Gasteiger charge is 2.38. The smallest absolute Gasteiger partial charge is 0.250 e. The minimum Gasteiger partial charge on any atom is -0.372 e. The molecule has 3 unspecified atom stereocenters. The van der Waals surface area contributed by atoms with E-state index in [1.54, 1.807) is 6.92 Å². The number of alkyl halides is 3. The Morgan fingerprint density at radius 2 is 1.95 bits per heavy atom. The number of nitrogens with zero attached hydrogens (tertiary/aromatic N) is 1. The monoisotopic (exact) mass is 281 g/mol. The summed E-state index contributed by atoms with van der Waals surface area (Å²) >= 11 is 0. The summed E-state index contributed by atoms with van der Waals surface area (Å²) in [5.41, 5.74) is 0. The first kappa shape index (κ1) is 16.8. The molecule has 0 radical (unpaired) electrons. The van der Waals surface area contributed by atoms with Crippen LogP contribution in [0.4, 0.5) is 13.2 Å². The van der Waals surface area contributed by atoms with Gasteiger partial charge in [0.05, 0.1) is 12.2 Å². The van der Waals surface area contributed by atoms with E-state index in [1.807, 2.05) is 25.8 Å². The zero-order chi connectivity index (χ0) is 14.6. The third-order valence-corrected chi connectivity index (χ3v) is 3.86. The van der Waals surface area contributed by atoms with E-state index in [0.29, 0.717) is 12.8 Å². The van der Waals surface area contributed by atoms with Gasteiger partial charge in [-0.25, -0.2) is 13.2 Å². The van der Waals surface area contributed by atoms with E-state index in [9.17, 15) is 13.2 Å². The van der Waals surface area contributed by atoms with E-state index in [4.69, 9.17) is 4.74 Å². The molecular formula is C14H26F3NO. The van der Waals surface area contributed by atoms with E-state index >= 15 is 0 Å². The maximum Gasteiger partial charge on any atom is 0.250 e. The molecule has 5 heteroatoms. The Balaban J connectivity index is 2.39. The van der Waals surface area contributed by atoms with Crippen LogP contribution in [0.25, 0.3) is 0 Å². The Kier molecular flexibility index (Phi) is 6.12. The molecule has 0 aromatic rings. The van der Waals surface area contributed by atoms with Gasteiger partial charge in [0.15, 0.2) is 0 Å². The molecule has 0 saturated heterocycles. The molecule has 0 spiro atoms. The molecule has 0 N–H and O–H groups in total. The number of ether oxygens (including phenoxy) is 1. The Bertz CT molecular complexity index is 273. The predicted octanol–water partition coefficient (Wildman–Crippen LogP) is 3.65. The zero-order valence-corrected chi connectivity index (χ0v) is 12.3. The molecule has 0 aromatic heterocycles. The maximum atomic E-state index is 14.0. The van der Waals surface area contributed by atoms with Gasteiger partial charge in [0.25, 0.3) is 5.92 Å². The lowest BCUT2D eigenvalue weighted by Gasteiger charge is -2.33. The van der Waals surface area contributed by atoms with Crippen LogP contribution in [0.2, 0.25) is 0 Å². The van der Waals surface area contributed by atoms with Crippen molar-refractivity contribution in [3.63, 3.8) is 0 Å². The topological polar surface area (TPSA) is 12.5 Å². The van der Waals surface area contributed by atoms with Gasteiger partial charge in [-0.15, -0.1) is 0 Å². The quantitative estimate of drug-likeness (QED) is 0.737. The summed E-state index contributed by atoms with van der Waals surface area (Å²) in [6, 6.07) is 0.254. The van der Waals surface area contributed by atoms with Gasteiger partial charge in [0.2, 0.25) is 0 Å². The average molecular weight is 281 g/mol. The molecule has 0 aromatic carbocycles. The largest absolute Gasteiger partial charge is 0.372 e. The molecule has 1 aliphatic rings. The first-order valence-electron chi connectivity index (χ1n) is 7.09. The van der Waals surface area contributed by atoms with Gasteiger partial charge in [0, 0.05) is 25.4 Å². The van der Waals surface area contributed by atoms with Crippen LogP contribution in [-0.4, -0.2) is 48.8 Å². The summed E-state index contributed by atoms with van der Waals surface area (Å²) in [6.45, 7) is 5.87. The standard InChI is InChI=1S/C14H26F3NO/c1-10(2)18(4)9-13(15)11(3)19-12-6-5-7-14(16,17)8-12/h10-13H,5-9H2,1-4H3. The lowest BCUT2D eigenvalue weighted by atomic mass is 9.94. The van der Waals surface area contributed by atoms with Crippen LogP contribution < -0.4 is 0 Å². The first-order chi connectivity index (χ1) is 8.71. The van der Waals surface area contributed by atoms with Crippen LogP contribution in [0.3, 0.4) is 0 Å². The SMILES string of the molecule is CC(OC1CCCC(F)(F)C1)C(F)CN(C)C(C)C. The maximum absolute atomic E-state index is 14.0. The molecule has 0 amide bonds. The van der Waals surface area contributed by atoms with Gasteiger partial charge >= 0.3 is 0 Å². The fraction of sp³-hybridized carbons (Fsp3) is 1.00. The molecule has 1 rings (SSSR count). The van der Waals surface area contributed by atoms with Crippen molar-refractivity contribution >= 4 is 0 Å². The Morgan fingerprint density at radius 3 is 2.47 bits per heavy atom. The van der Waals surface area contributed by atoms with Crippen molar-refractivity contribution in [2.75, 3.05) is 13.6 Å². The highest BCUT2D eigenvalue weighted by atomic mass is 19.3. The van der Waals surface area contributed by atoms with Crippen molar-refractivity contribution in [2.45, 2.75) is 76.8 Å². The zero-order valence-electron chi connectivity index (χ0n) is 12.3. The van der Waals surface area contributed by atoms with Gasteiger partial charge in [-0.2, -0.15) is 0 Å². The van der Waals surface area contributed by atoms with E-state index in [0.717, 1.165) is 0 Å². The minimum atomic E-state index is -2.65. The predicted molar refractivity (Wildman–Crippen MR) is 70.4 cm³/mol. The van der Waals surface area contributed by atoms with Gasteiger partial charge in [-0.05, 0) is 40.7 Å². The van der Waals surface area contributed by atoms with Crippen LogP contribution in [0, 0.1) is 0 Å². The number of hydrogen-bond donors (Lipinski definition) is 0. The number of rotatable bonds is 6. The molecule has 19 heavy (non-hydrogen) atoms. The Labute approximate surface area is 114 Å². The Morgan fingerprint density at radius 1 is 1.32 bits per heavy atom. The fourth-order valence-corrected chi connectivity index (χ4v) is 2.26. The lowest BCUT2D eigenvalue weighted by Crippen LogP contribution is -2.41. The summed E-state index contributed by atoms with van der Waals surface area (Å²) in [5.74, 6) is -2.65. The fourth-order valence-electron chi connectivity index (χ4n) is 2.26. The second kappa shape index (κ2) is 6.93. The molecule has 0 aliphatic heterocycles. The minimum absolute atomic E-state index is 0.0730. The summed E-state index contributed by atoms with van der Waals surface area (Å²) in [5, 5.41) is 0. The third-order valence-electron chi connectivity index (χ3n) is 3.86. The number of halogens is 3. The van der Waals surface area contributed by atoms with Crippen molar-refractivity contribution in [1.82, 2.24) is 4.90 Å². The normalized spacial score (nSPS) is 26.7. The average Bonchev–Trinajstić information content (AvgIpc) is 2.27. The van der Waals surface area contributed by atoms with Crippen molar-refractivity contribution in [3.8, 4) is 0 Å². The van der Waals surface area contributed by atoms with Crippen molar-refractivity contribution in [2.24, 2.45) is 0 Å². The van der Waals surface area contributed by atoms with Crippen molar-refractivity contribution < 1.29 is 17.9 Å². The first-order valence-corrected chi connectivity index (χ1v) is 7.09. The molecular weight excluding hydrogens is 255 g/mol. The van der Waals surface area contributed by atoms with Gasteiger partial charge in [0.1, 0.15) is 6.17 Å². The van der Waals surface area contributed by atoms with Crippen molar-refractivity contribution in [3.05, 3.63) is 0 Å². The highest BCUT2D eigenvalue weighted by Crippen LogP contribution is 2.35. The summed E-state index contributed by atoms with van der Waals surface area (Å²) in [4.78, 5) is 1.89. The Hall–Kier alpha value is -0.290. The van der Waals surface area contributed by atoms with Gasteiger partial charge < -0.3 is 9.64 Å². The molecule has 114 valence electrons. The summed E-state index contributed by atoms with van der Waals surface area (Å²) in [6.07, 6.45) is -1.59. The van der Waals surface area contributed by atoms with Crippen LogP contribution in [0.5, 0.6) is 0 Å².